The number of nitrogens with zero attached hydrogens (tertiary/aromatic N) is 2. The number of aromatic nitrogens is 2. The smallest absolute Gasteiger partial charge is 0.310 e. The molecule has 0 aliphatic rings. The lowest BCUT2D eigenvalue weighted by molar-refractivity contribution is -0.0598. The van der Waals surface area contributed by atoms with E-state index in [4.69, 9.17) is 9.25 Å². The molecule has 0 aliphatic heterocycles. The molecule has 0 fully saturated rings. The summed E-state index contributed by atoms with van der Waals surface area (Å²) in [5.74, 6) is 0.470. The maximum atomic E-state index is 11.8. The summed E-state index contributed by atoms with van der Waals surface area (Å²) in [6.45, 7) is 6.02. The Morgan fingerprint density at radius 3 is 2.89 bits per heavy atom. The molecule has 0 saturated heterocycles. The van der Waals surface area contributed by atoms with E-state index in [1.165, 1.54) is 0 Å². The molecule has 2 aromatic heterocycles. The predicted octanol–water partition coefficient (Wildman–Crippen LogP) is 1.98. The molecule has 0 aromatic carbocycles. The van der Waals surface area contributed by atoms with E-state index in [1.54, 1.807) is 23.0 Å². The Hall–Kier alpha value is -2.08. The van der Waals surface area contributed by atoms with Gasteiger partial charge in [0.2, 0.25) is 0 Å². The van der Waals surface area contributed by atoms with Crippen LogP contribution in [0.1, 0.15) is 37.1 Å². The number of hydroxylamine groups is 1. The summed E-state index contributed by atoms with van der Waals surface area (Å²) in [5, 5.41) is 4.07. The Morgan fingerprint density at radius 1 is 1.47 bits per heavy atom. The summed E-state index contributed by atoms with van der Waals surface area (Å²) in [6.07, 6.45) is 3.51. The number of rotatable bonds is 4. The van der Waals surface area contributed by atoms with Crippen LogP contribution in [-0.4, -0.2) is 21.3 Å². The second-order valence-corrected chi connectivity index (χ2v) is 5.12. The lowest BCUT2D eigenvalue weighted by Crippen LogP contribution is -2.33. The van der Waals surface area contributed by atoms with Gasteiger partial charge in [-0.25, -0.2) is 5.48 Å². The van der Waals surface area contributed by atoms with Crippen molar-refractivity contribution in [2.75, 3.05) is 0 Å². The van der Waals surface area contributed by atoms with Gasteiger partial charge in [0, 0.05) is 12.4 Å². The van der Waals surface area contributed by atoms with E-state index in [0.717, 1.165) is 0 Å². The van der Waals surface area contributed by atoms with Gasteiger partial charge < -0.3 is 4.42 Å². The van der Waals surface area contributed by atoms with Crippen LogP contribution in [0.4, 0.5) is 0 Å². The zero-order valence-electron chi connectivity index (χ0n) is 11.2. The standard InChI is InChI=1S/C13H17N3O3/c1-13(2,3)19-15-12(17)11-6-5-10(18-11)9-16-8-4-7-14-16/h4-8H,9H2,1-3H3,(H,15,17). The number of hydrogen-bond acceptors (Lipinski definition) is 4. The van der Waals surface area contributed by atoms with Gasteiger partial charge in [0.25, 0.3) is 0 Å². The molecular weight excluding hydrogens is 246 g/mol. The third-order valence-electron chi connectivity index (χ3n) is 2.21. The molecule has 0 bridgehead atoms. The number of amides is 1. The van der Waals surface area contributed by atoms with Gasteiger partial charge in [-0.05, 0) is 39.0 Å². The molecule has 6 nitrogen and oxygen atoms in total. The molecule has 2 aromatic rings. The Morgan fingerprint density at radius 2 is 2.26 bits per heavy atom. The molecule has 0 aliphatic carbocycles. The lowest BCUT2D eigenvalue weighted by Gasteiger charge is -2.18. The van der Waals surface area contributed by atoms with Crippen molar-refractivity contribution in [3.8, 4) is 0 Å². The molecule has 2 heterocycles. The number of hydrogen-bond donors (Lipinski definition) is 1. The highest BCUT2D eigenvalue weighted by atomic mass is 16.7. The van der Waals surface area contributed by atoms with Gasteiger partial charge in [-0.15, -0.1) is 0 Å². The van der Waals surface area contributed by atoms with E-state index in [1.807, 2.05) is 33.0 Å². The molecule has 0 spiro atoms. The molecule has 102 valence electrons. The molecule has 0 atom stereocenters. The highest BCUT2D eigenvalue weighted by Crippen LogP contribution is 2.10. The first-order valence-electron chi connectivity index (χ1n) is 5.98. The first-order valence-corrected chi connectivity index (χ1v) is 5.98. The average Bonchev–Trinajstić information content (AvgIpc) is 2.97. The molecule has 2 rings (SSSR count). The third kappa shape index (κ3) is 3.96. The highest BCUT2D eigenvalue weighted by Gasteiger charge is 2.16. The third-order valence-corrected chi connectivity index (χ3v) is 2.21. The topological polar surface area (TPSA) is 69.3 Å². The van der Waals surface area contributed by atoms with Gasteiger partial charge >= 0.3 is 5.91 Å². The van der Waals surface area contributed by atoms with Crippen LogP contribution in [0.15, 0.2) is 35.0 Å². The van der Waals surface area contributed by atoms with Crippen LogP contribution in [0.3, 0.4) is 0 Å². The maximum absolute atomic E-state index is 11.8. The summed E-state index contributed by atoms with van der Waals surface area (Å²) in [7, 11) is 0. The lowest BCUT2D eigenvalue weighted by atomic mass is 10.2. The first-order chi connectivity index (χ1) is 8.94. The van der Waals surface area contributed by atoms with Crippen LogP contribution in [-0.2, 0) is 11.4 Å². The van der Waals surface area contributed by atoms with Crippen LogP contribution in [0.25, 0.3) is 0 Å². The fourth-order valence-corrected chi connectivity index (χ4v) is 1.39. The average molecular weight is 263 g/mol. The second kappa shape index (κ2) is 5.27. The molecule has 19 heavy (non-hydrogen) atoms. The Bertz CT molecular complexity index is 538. The Labute approximate surface area is 111 Å². The first kappa shape index (κ1) is 13.4. The fourth-order valence-electron chi connectivity index (χ4n) is 1.39. The summed E-state index contributed by atoms with van der Waals surface area (Å²) in [6, 6.07) is 5.18. The molecule has 1 amide bonds. The predicted molar refractivity (Wildman–Crippen MR) is 68.3 cm³/mol. The largest absolute Gasteiger partial charge is 0.454 e. The van der Waals surface area contributed by atoms with Crippen LogP contribution in [0.2, 0.25) is 0 Å². The zero-order chi connectivity index (χ0) is 13.9. The monoisotopic (exact) mass is 263 g/mol. The van der Waals surface area contributed by atoms with Gasteiger partial charge in [-0.2, -0.15) is 5.10 Å². The molecule has 6 heteroatoms. The molecular formula is C13H17N3O3. The SMILES string of the molecule is CC(C)(C)ONC(=O)c1ccc(Cn2cccn2)o1. The van der Waals surface area contributed by atoms with E-state index in [2.05, 4.69) is 10.6 Å². The van der Waals surface area contributed by atoms with Crippen molar-refractivity contribution in [2.24, 2.45) is 0 Å². The molecule has 0 unspecified atom stereocenters. The Balaban J connectivity index is 1.95. The van der Waals surface area contributed by atoms with Gasteiger partial charge in [-0.1, -0.05) is 0 Å². The summed E-state index contributed by atoms with van der Waals surface area (Å²) >= 11 is 0. The fraction of sp³-hybridized carbons (Fsp3) is 0.385. The summed E-state index contributed by atoms with van der Waals surface area (Å²) in [5.41, 5.74) is 1.91. The van der Waals surface area contributed by atoms with E-state index in [0.29, 0.717) is 12.3 Å². The van der Waals surface area contributed by atoms with Crippen molar-refractivity contribution in [1.29, 1.82) is 0 Å². The zero-order valence-corrected chi connectivity index (χ0v) is 11.2. The quantitative estimate of drug-likeness (QED) is 0.856. The van der Waals surface area contributed by atoms with Crippen molar-refractivity contribution >= 4 is 5.91 Å². The number of carbonyl (C=O) groups is 1. The van der Waals surface area contributed by atoms with Gasteiger partial charge in [0.15, 0.2) is 5.76 Å². The Kier molecular flexibility index (Phi) is 3.71. The number of carbonyl (C=O) groups excluding carboxylic acids is 1. The van der Waals surface area contributed by atoms with Gasteiger partial charge in [0.05, 0.1) is 12.1 Å². The molecule has 0 radical (unpaired) electrons. The minimum Gasteiger partial charge on any atom is -0.454 e. The van der Waals surface area contributed by atoms with E-state index >= 15 is 0 Å². The van der Waals surface area contributed by atoms with Crippen molar-refractivity contribution in [2.45, 2.75) is 32.9 Å². The molecule has 0 saturated carbocycles. The normalized spacial score (nSPS) is 11.5. The highest BCUT2D eigenvalue weighted by molar-refractivity contribution is 5.90. The van der Waals surface area contributed by atoms with Crippen LogP contribution < -0.4 is 5.48 Å². The van der Waals surface area contributed by atoms with E-state index in [-0.39, 0.29) is 5.76 Å². The van der Waals surface area contributed by atoms with Crippen LogP contribution in [0.5, 0.6) is 0 Å². The minimum absolute atomic E-state index is 0.214. The van der Waals surface area contributed by atoms with Gasteiger partial charge in [-0.3, -0.25) is 14.3 Å². The summed E-state index contributed by atoms with van der Waals surface area (Å²) in [4.78, 5) is 16.9. The number of nitrogens with one attached hydrogen (secondary N) is 1. The van der Waals surface area contributed by atoms with E-state index in [9.17, 15) is 4.79 Å². The van der Waals surface area contributed by atoms with Crippen molar-refractivity contribution in [3.63, 3.8) is 0 Å². The minimum atomic E-state index is -0.444. The van der Waals surface area contributed by atoms with Crippen molar-refractivity contribution < 1.29 is 14.0 Å². The van der Waals surface area contributed by atoms with Crippen molar-refractivity contribution in [1.82, 2.24) is 15.3 Å². The van der Waals surface area contributed by atoms with Crippen LogP contribution >= 0.6 is 0 Å². The van der Waals surface area contributed by atoms with Crippen LogP contribution in [0, 0.1) is 0 Å². The molecule has 1 N–H and O–H groups in total. The second-order valence-electron chi connectivity index (χ2n) is 5.12. The summed E-state index contributed by atoms with van der Waals surface area (Å²) < 4.78 is 7.15. The van der Waals surface area contributed by atoms with E-state index < -0.39 is 11.5 Å². The number of furan rings is 1. The maximum Gasteiger partial charge on any atom is 0.310 e. The van der Waals surface area contributed by atoms with Gasteiger partial charge in [0.1, 0.15) is 5.76 Å². The van der Waals surface area contributed by atoms with Crippen molar-refractivity contribution in [3.05, 3.63) is 42.1 Å².